The largest absolute Gasteiger partial charge is 0.481 e. The molecule has 0 rings (SSSR count). The third-order valence-corrected chi connectivity index (χ3v) is 7.38. The zero-order valence-corrected chi connectivity index (χ0v) is 25.2. The maximum atomic E-state index is 12.1. The van der Waals surface area contributed by atoms with E-state index < -0.39 is 63.7 Å². The number of carboxylic acids is 2. The van der Waals surface area contributed by atoms with E-state index in [4.69, 9.17) is 14.0 Å². The molecule has 0 fully saturated rings. The zero-order chi connectivity index (χ0) is 32.1. The molecule has 14 nitrogen and oxygen atoms in total. The van der Waals surface area contributed by atoms with E-state index in [-0.39, 0.29) is 63.8 Å². The van der Waals surface area contributed by atoms with Crippen LogP contribution in [0.15, 0.2) is 0 Å². The van der Waals surface area contributed by atoms with Crippen molar-refractivity contribution >= 4 is 45.3 Å². The average Bonchev–Trinajstić information content (AvgIpc) is 2.89. The maximum Gasteiger partial charge on any atom is 0.306 e. The van der Waals surface area contributed by atoms with E-state index in [1.165, 1.54) is 6.92 Å². The Labute approximate surface area is 246 Å². The number of Topliss-reactive ketones (excluding diaryl/α,β-unsaturated/α-hetero) is 3. The lowest BCUT2D eigenvalue weighted by Gasteiger charge is -2.14. The van der Waals surface area contributed by atoms with Crippen LogP contribution < -0.4 is 5.32 Å². The molecule has 0 saturated heterocycles. The van der Waals surface area contributed by atoms with E-state index >= 15 is 0 Å². The first-order chi connectivity index (χ1) is 19.7. The van der Waals surface area contributed by atoms with Crippen LogP contribution in [0.5, 0.6) is 0 Å². The molecule has 0 spiro atoms. The topological polar surface area (TPSA) is 228 Å². The second-order valence-corrected chi connectivity index (χ2v) is 11.7. The molecule has 0 aliphatic heterocycles. The van der Waals surface area contributed by atoms with Gasteiger partial charge in [-0.25, -0.2) is 0 Å². The molecule has 0 aliphatic rings. The van der Waals surface area contributed by atoms with E-state index in [9.17, 15) is 47.4 Å². The Morgan fingerprint density at radius 2 is 1.40 bits per heavy atom. The van der Waals surface area contributed by atoms with Crippen molar-refractivity contribution in [1.82, 2.24) is 5.32 Å². The summed E-state index contributed by atoms with van der Waals surface area (Å²) in [4.78, 5) is 70.3. The molecule has 0 bridgehead atoms. The van der Waals surface area contributed by atoms with Crippen LogP contribution in [0, 0.1) is 17.8 Å². The fourth-order valence-corrected chi connectivity index (χ4v) is 4.76. The molecule has 0 heterocycles. The van der Waals surface area contributed by atoms with Gasteiger partial charge in [0.05, 0.1) is 37.4 Å². The molecule has 0 aromatic carbocycles. The SMILES string of the molecule is CCC(=O)CCCCC[C@H](CC(=O)COCCOCCNC(=O)CC[C@H](CC(=O)[C@@H](C)CS(=O)(=O)O)C(=O)O)C(=O)O. The lowest BCUT2D eigenvalue weighted by atomic mass is 9.92. The number of ether oxygens (including phenoxy) is 2. The summed E-state index contributed by atoms with van der Waals surface area (Å²) in [5.41, 5.74) is 0. The molecule has 0 radical (unpaired) electrons. The number of carboxylic acid groups (broad SMARTS) is 2. The van der Waals surface area contributed by atoms with Crippen molar-refractivity contribution in [3.05, 3.63) is 0 Å². The number of hydrogen-bond donors (Lipinski definition) is 4. The normalized spacial score (nSPS) is 13.6. The number of amides is 1. The van der Waals surface area contributed by atoms with Gasteiger partial charge in [0.25, 0.3) is 10.1 Å². The quantitative estimate of drug-likeness (QED) is 0.0755. The first-order valence-electron chi connectivity index (χ1n) is 14.0. The van der Waals surface area contributed by atoms with Crippen LogP contribution in [-0.4, -0.2) is 97.1 Å². The van der Waals surface area contributed by atoms with Gasteiger partial charge < -0.3 is 25.0 Å². The Morgan fingerprint density at radius 1 is 0.786 bits per heavy atom. The van der Waals surface area contributed by atoms with E-state index in [0.717, 1.165) is 6.42 Å². The summed E-state index contributed by atoms with van der Waals surface area (Å²) in [7, 11) is -4.38. The number of unbranched alkanes of at least 4 members (excludes halogenated alkanes) is 2. The number of carbonyl (C=O) groups excluding carboxylic acids is 4. The van der Waals surface area contributed by atoms with E-state index in [1.54, 1.807) is 6.92 Å². The Morgan fingerprint density at radius 3 is 2.00 bits per heavy atom. The number of hydrogen-bond acceptors (Lipinski definition) is 10. The fourth-order valence-electron chi connectivity index (χ4n) is 3.94. The summed E-state index contributed by atoms with van der Waals surface area (Å²) < 4.78 is 41.2. The van der Waals surface area contributed by atoms with Crippen LogP contribution in [0.2, 0.25) is 0 Å². The molecule has 42 heavy (non-hydrogen) atoms. The Bertz CT molecular complexity index is 996. The summed E-state index contributed by atoms with van der Waals surface area (Å²) in [6.07, 6.45) is 2.43. The van der Waals surface area contributed by atoms with Crippen LogP contribution in [0.3, 0.4) is 0 Å². The van der Waals surface area contributed by atoms with Crippen molar-refractivity contribution in [3.63, 3.8) is 0 Å². The second kappa shape index (κ2) is 21.9. The van der Waals surface area contributed by atoms with Crippen LogP contribution in [0.1, 0.15) is 78.1 Å². The van der Waals surface area contributed by atoms with Crippen molar-refractivity contribution in [3.8, 4) is 0 Å². The first kappa shape index (κ1) is 39.2. The van der Waals surface area contributed by atoms with Gasteiger partial charge in [-0.2, -0.15) is 8.42 Å². The molecule has 4 N–H and O–H groups in total. The third kappa shape index (κ3) is 21.0. The average molecular weight is 624 g/mol. The third-order valence-electron chi connectivity index (χ3n) is 6.46. The fraction of sp³-hybridized carbons (Fsp3) is 0.778. The number of aliphatic carboxylic acids is 2. The molecule has 0 saturated carbocycles. The van der Waals surface area contributed by atoms with Gasteiger partial charge in [0.15, 0.2) is 5.78 Å². The molecule has 3 atom stereocenters. The highest BCUT2D eigenvalue weighted by atomic mass is 32.2. The minimum Gasteiger partial charge on any atom is -0.481 e. The van der Waals surface area contributed by atoms with Crippen molar-refractivity contribution < 1.29 is 61.4 Å². The van der Waals surface area contributed by atoms with Gasteiger partial charge in [-0.15, -0.1) is 0 Å². The van der Waals surface area contributed by atoms with Crippen molar-refractivity contribution in [2.75, 3.05) is 38.7 Å². The van der Waals surface area contributed by atoms with Gasteiger partial charge in [-0.1, -0.05) is 26.7 Å². The van der Waals surface area contributed by atoms with Gasteiger partial charge in [0, 0.05) is 44.6 Å². The molecule has 15 heteroatoms. The Kier molecular flexibility index (Phi) is 20.4. The molecular formula is C27H45NO13S. The van der Waals surface area contributed by atoms with Crippen LogP contribution in [0.4, 0.5) is 0 Å². The summed E-state index contributed by atoms with van der Waals surface area (Å²) in [6.45, 7) is 3.24. The van der Waals surface area contributed by atoms with Gasteiger partial charge in [-0.05, 0) is 19.3 Å². The van der Waals surface area contributed by atoms with Gasteiger partial charge in [-0.3, -0.25) is 33.3 Å². The minimum absolute atomic E-state index is 0.0766. The molecule has 0 unspecified atom stereocenters. The minimum atomic E-state index is -4.38. The number of ketones is 3. The van der Waals surface area contributed by atoms with Gasteiger partial charge in [0.1, 0.15) is 18.2 Å². The van der Waals surface area contributed by atoms with E-state index in [0.29, 0.717) is 32.1 Å². The zero-order valence-electron chi connectivity index (χ0n) is 24.4. The van der Waals surface area contributed by atoms with E-state index in [1.807, 2.05) is 0 Å². The first-order valence-corrected chi connectivity index (χ1v) is 15.7. The summed E-state index contributed by atoms with van der Waals surface area (Å²) >= 11 is 0. The monoisotopic (exact) mass is 623 g/mol. The van der Waals surface area contributed by atoms with Crippen LogP contribution in [-0.2, 0) is 48.4 Å². The number of carbonyl (C=O) groups is 6. The summed E-state index contributed by atoms with van der Waals surface area (Å²) in [5.74, 6) is -7.50. The lowest BCUT2D eigenvalue weighted by molar-refractivity contribution is -0.145. The maximum absolute atomic E-state index is 12.1. The van der Waals surface area contributed by atoms with Crippen LogP contribution in [0.25, 0.3) is 0 Å². The molecule has 0 aromatic rings. The standard InChI is InChI=1S/C27H45NO13S/c1-3-22(29)8-6-4-5-7-20(26(33)34)15-23(30)17-41-14-13-40-12-11-28-25(32)10-9-21(27(35)36)16-24(31)19(2)18-42(37,38)39/h19-21H,3-18H2,1-2H3,(H,28,32)(H,33,34)(H,35,36)(H,37,38,39)/t19-,20+,21+/m0/s1. The predicted octanol–water partition coefficient (Wildman–Crippen LogP) is 1.69. The number of rotatable bonds is 27. The smallest absolute Gasteiger partial charge is 0.306 e. The summed E-state index contributed by atoms with van der Waals surface area (Å²) in [6, 6.07) is 0. The van der Waals surface area contributed by atoms with Gasteiger partial charge in [0.2, 0.25) is 5.91 Å². The lowest BCUT2D eigenvalue weighted by Crippen LogP contribution is -2.30. The highest BCUT2D eigenvalue weighted by molar-refractivity contribution is 7.85. The van der Waals surface area contributed by atoms with E-state index in [2.05, 4.69) is 5.32 Å². The molecular weight excluding hydrogens is 578 g/mol. The highest BCUT2D eigenvalue weighted by Crippen LogP contribution is 2.17. The van der Waals surface area contributed by atoms with Crippen molar-refractivity contribution in [1.29, 1.82) is 0 Å². The van der Waals surface area contributed by atoms with Crippen LogP contribution >= 0.6 is 0 Å². The van der Waals surface area contributed by atoms with Crippen molar-refractivity contribution in [2.45, 2.75) is 78.1 Å². The van der Waals surface area contributed by atoms with Crippen molar-refractivity contribution in [2.24, 2.45) is 17.8 Å². The second-order valence-electron chi connectivity index (χ2n) is 10.2. The Balaban J connectivity index is 4.07. The molecule has 0 aliphatic carbocycles. The molecule has 0 aromatic heterocycles. The molecule has 1 amide bonds. The summed E-state index contributed by atoms with van der Waals surface area (Å²) in [5, 5.41) is 21.2. The number of nitrogens with one attached hydrogen (secondary N) is 1. The predicted molar refractivity (Wildman–Crippen MR) is 149 cm³/mol. The highest BCUT2D eigenvalue weighted by Gasteiger charge is 2.27. The molecule has 242 valence electrons. The van der Waals surface area contributed by atoms with Gasteiger partial charge >= 0.3 is 11.9 Å². The Hall–Kier alpha value is -2.75.